The van der Waals surface area contributed by atoms with Crippen LogP contribution < -0.4 is 0 Å². The number of piperidine rings is 1. The van der Waals surface area contributed by atoms with Crippen molar-refractivity contribution in [2.24, 2.45) is 7.05 Å². The number of rotatable bonds is 1. The molecule has 0 saturated carbocycles. The zero-order valence-electron chi connectivity index (χ0n) is 14.3. The molecule has 1 aromatic carbocycles. The summed E-state index contributed by atoms with van der Waals surface area (Å²) in [7, 11) is 1.83. The molecule has 1 amide bonds. The third-order valence-electron chi connectivity index (χ3n) is 5.44. The van der Waals surface area contributed by atoms with Crippen LogP contribution in [0.15, 0.2) is 30.5 Å². The Morgan fingerprint density at radius 1 is 1.35 bits per heavy atom. The molecule has 1 fully saturated rings. The van der Waals surface area contributed by atoms with Crippen LogP contribution in [0.3, 0.4) is 0 Å². The Balaban J connectivity index is 1.46. The fraction of sp³-hybridized carbons (Fsp3) is 0.389. The van der Waals surface area contributed by atoms with Gasteiger partial charge in [-0.25, -0.2) is 9.07 Å². The zero-order chi connectivity index (χ0) is 17.8. The van der Waals surface area contributed by atoms with E-state index < -0.39 is 0 Å². The van der Waals surface area contributed by atoms with Gasteiger partial charge in [0.2, 0.25) is 0 Å². The van der Waals surface area contributed by atoms with Crippen molar-refractivity contribution in [2.45, 2.75) is 25.2 Å². The lowest BCUT2D eigenvalue weighted by atomic mass is 10.00. The first-order chi connectivity index (χ1) is 12.6. The Bertz CT molecular complexity index is 1010. The number of amides is 1. The van der Waals surface area contributed by atoms with Crippen molar-refractivity contribution in [3.63, 3.8) is 0 Å². The summed E-state index contributed by atoms with van der Waals surface area (Å²) in [6.07, 6.45) is 2.51. The minimum absolute atomic E-state index is 0.0221. The van der Waals surface area contributed by atoms with Crippen LogP contribution >= 0.6 is 0 Å². The van der Waals surface area contributed by atoms with Gasteiger partial charge in [0.1, 0.15) is 11.5 Å². The number of carbonyl (C=O) groups excluding carboxylic acids is 1. The Morgan fingerprint density at radius 2 is 2.23 bits per heavy atom. The molecule has 2 aliphatic heterocycles. The third kappa shape index (κ3) is 2.25. The summed E-state index contributed by atoms with van der Waals surface area (Å²) in [6, 6.07) is 6.30. The van der Waals surface area contributed by atoms with E-state index in [1.807, 2.05) is 21.2 Å². The van der Waals surface area contributed by atoms with Crippen LogP contribution in [0.25, 0.3) is 10.9 Å². The molecule has 0 N–H and O–H groups in total. The van der Waals surface area contributed by atoms with Crippen molar-refractivity contribution in [2.75, 3.05) is 13.1 Å². The van der Waals surface area contributed by atoms with E-state index in [4.69, 9.17) is 4.74 Å². The molecule has 26 heavy (non-hydrogen) atoms. The van der Waals surface area contributed by atoms with Gasteiger partial charge in [-0.15, -0.1) is 5.10 Å². The first kappa shape index (κ1) is 15.5. The number of hydrogen-bond donors (Lipinski definition) is 0. The molecule has 0 bridgehead atoms. The highest BCUT2D eigenvalue weighted by Gasteiger charge is 2.38. The second kappa shape index (κ2) is 5.63. The summed E-state index contributed by atoms with van der Waals surface area (Å²) in [5.41, 5.74) is 2.32. The molecule has 7 nitrogen and oxygen atoms in total. The molecule has 2 atom stereocenters. The molecule has 2 aromatic heterocycles. The van der Waals surface area contributed by atoms with Crippen molar-refractivity contribution < 1.29 is 13.9 Å². The number of likely N-dealkylation sites (tertiary alicyclic amines) is 1. The van der Waals surface area contributed by atoms with Crippen LogP contribution in [0.5, 0.6) is 0 Å². The summed E-state index contributed by atoms with van der Waals surface area (Å²) in [5, 5.41) is 8.86. The van der Waals surface area contributed by atoms with Crippen LogP contribution in [-0.4, -0.2) is 49.6 Å². The van der Waals surface area contributed by atoms with Gasteiger partial charge in [0.25, 0.3) is 5.91 Å². The van der Waals surface area contributed by atoms with E-state index in [-0.39, 0.29) is 23.9 Å². The minimum Gasteiger partial charge on any atom is -0.370 e. The second-order valence-electron chi connectivity index (χ2n) is 6.92. The average Bonchev–Trinajstić information content (AvgIpc) is 3.25. The van der Waals surface area contributed by atoms with E-state index in [1.165, 1.54) is 12.1 Å². The van der Waals surface area contributed by atoms with E-state index in [2.05, 4.69) is 10.3 Å². The number of nitrogens with zero attached hydrogens (tertiary/aromatic N) is 5. The Kier molecular flexibility index (Phi) is 3.36. The monoisotopic (exact) mass is 355 g/mol. The molecule has 0 aliphatic carbocycles. The molecular weight excluding hydrogens is 337 g/mol. The number of benzene rings is 1. The topological polar surface area (TPSA) is 65.2 Å². The van der Waals surface area contributed by atoms with E-state index in [0.29, 0.717) is 25.4 Å². The molecule has 0 radical (unpaired) electrons. The Labute approximate surface area is 148 Å². The van der Waals surface area contributed by atoms with Gasteiger partial charge >= 0.3 is 0 Å². The van der Waals surface area contributed by atoms with Gasteiger partial charge < -0.3 is 14.2 Å². The molecule has 4 heterocycles. The zero-order valence-corrected chi connectivity index (χ0v) is 14.3. The average molecular weight is 355 g/mol. The highest BCUT2D eigenvalue weighted by molar-refractivity contribution is 5.98. The first-order valence-electron chi connectivity index (χ1n) is 8.67. The van der Waals surface area contributed by atoms with Crippen molar-refractivity contribution in [1.82, 2.24) is 24.5 Å². The van der Waals surface area contributed by atoms with Crippen LogP contribution in [0.2, 0.25) is 0 Å². The number of hydrogen-bond acceptors (Lipinski definition) is 4. The van der Waals surface area contributed by atoms with Gasteiger partial charge in [0.05, 0.1) is 30.6 Å². The quantitative estimate of drug-likeness (QED) is 0.669. The Morgan fingerprint density at radius 3 is 3.12 bits per heavy atom. The highest BCUT2D eigenvalue weighted by Crippen LogP contribution is 2.31. The molecule has 5 rings (SSSR count). The summed E-state index contributed by atoms with van der Waals surface area (Å²) < 4.78 is 23.1. The number of halogens is 1. The maximum Gasteiger partial charge on any atom is 0.270 e. The fourth-order valence-electron chi connectivity index (χ4n) is 4.05. The summed E-state index contributed by atoms with van der Waals surface area (Å²) in [6.45, 7) is 1.66. The van der Waals surface area contributed by atoms with Gasteiger partial charge in [-0.2, -0.15) is 0 Å². The minimum atomic E-state index is -0.305. The van der Waals surface area contributed by atoms with Crippen LogP contribution in [0, 0.1) is 5.82 Å². The van der Waals surface area contributed by atoms with Gasteiger partial charge in [0, 0.05) is 31.0 Å². The third-order valence-corrected chi connectivity index (χ3v) is 5.44. The van der Waals surface area contributed by atoms with Crippen LogP contribution in [-0.2, 0) is 18.4 Å². The van der Waals surface area contributed by atoms with Gasteiger partial charge in [-0.05, 0) is 30.7 Å². The van der Waals surface area contributed by atoms with Crippen LogP contribution in [0.4, 0.5) is 4.39 Å². The summed E-state index contributed by atoms with van der Waals surface area (Å²) in [5.74, 6) is -0.365. The molecular formula is C18H18FN5O2. The number of aryl methyl sites for hydroxylation is 1. The largest absolute Gasteiger partial charge is 0.370 e. The summed E-state index contributed by atoms with van der Waals surface area (Å²) in [4.78, 5) is 15.0. The van der Waals surface area contributed by atoms with Crippen molar-refractivity contribution in [1.29, 1.82) is 0 Å². The SMILES string of the molecule is Cn1c(C(=O)N2CCC3OCc4cnnn4C3C2)cc2cc(F)ccc21. The van der Waals surface area contributed by atoms with Crippen molar-refractivity contribution in [3.05, 3.63) is 47.7 Å². The maximum absolute atomic E-state index is 13.5. The normalized spacial score (nSPS) is 22.3. The van der Waals surface area contributed by atoms with E-state index >= 15 is 0 Å². The molecule has 134 valence electrons. The molecule has 2 aliphatic rings. The number of ether oxygens (including phenoxy) is 1. The predicted octanol–water partition coefficient (Wildman–Crippen LogP) is 1.89. The standard InChI is InChI=1S/C18H18FN5O2/c1-22-14-3-2-12(19)6-11(14)7-15(22)18(25)23-5-4-17-16(9-23)24-13(10-26-17)8-20-21-24/h2-3,6-8,16-17H,4-5,9-10H2,1H3. The molecule has 1 saturated heterocycles. The lowest BCUT2D eigenvalue weighted by molar-refractivity contribution is -0.0606. The highest BCUT2D eigenvalue weighted by atomic mass is 19.1. The van der Waals surface area contributed by atoms with Gasteiger partial charge in [0.15, 0.2) is 0 Å². The maximum atomic E-state index is 13.5. The first-order valence-corrected chi connectivity index (χ1v) is 8.67. The number of fused-ring (bicyclic) bond motifs is 4. The van der Waals surface area contributed by atoms with E-state index in [0.717, 1.165) is 23.0 Å². The van der Waals surface area contributed by atoms with E-state index in [9.17, 15) is 9.18 Å². The van der Waals surface area contributed by atoms with Gasteiger partial charge in [-0.1, -0.05) is 5.21 Å². The van der Waals surface area contributed by atoms with Crippen molar-refractivity contribution in [3.8, 4) is 0 Å². The molecule has 0 spiro atoms. The number of carbonyl (C=O) groups is 1. The fourth-order valence-corrected chi connectivity index (χ4v) is 4.05. The second-order valence-corrected chi connectivity index (χ2v) is 6.92. The summed E-state index contributed by atoms with van der Waals surface area (Å²) >= 11 is 0. The molecule has 3 aromatic rings. The Hall–Kier alpha value is -2.74. The predicted molar refractivity (Wildman–Crippen MR) is 91.0 cm³/mol. The van der Waals surface area contributed by atoms with Gasteiger partial charge in [-0.3, -0.25) is 4.79 Å². The number of aromatic nitrogens is 4. The lowest BCUT2D eigenvalue weighted by Gasteiger charge is -2.41. The van der Waals surface area contributed by atoms with Crippen LogP contribution in [0.1, 0.15) is 28.6 Å². The lowest BCUT2D eigenvalue weighted by Crippen LogP contribution is -2.50. The smallest absolute Gasteiger partial charge is 0.270 e. The molecule has 2 unspecified atom stereocenters. The van der Waals surface area contributed by atoms with Crippen molar-refractivity contribution >= 4 is 16.8 Å². The molecule has 8 heteroatoms. The van der Waals surface area contributed by atoms with E-state index in [1.54, 1.807) is 18.3 Å².